The Morgan fingerprint density at radius 3 is 2.74 bits per heavy atom. The summed E-state index contributed by atoms with van der Waals surface area (Å²) in [5, 5.41) is 22.0. The van der Waals surface area contributed by atoms with E-state index in [0.29, 0.717) is 11.9 Å². The molecule has 1 heterocycles. The van der Waals surface area contributed by atoms with Gasteiger partial charge in [-0.3, -0.25) is 10.1 Å². The van der Waals surface area contributed by atoms with Gasteiger partial charge in [-0.05, 0) is 35.4 Å². The largest absolute Gasteiger partial charge is 0.479 e. The van der Waals surface area contributed by atoms with E-state index in [0.717, 1.165) is 25.0 Å². The number of aromatic nitrogens is 4. The fourth-order valence-electron chi connectivity index (χ4n) is 2.01. The minimum Gasteiger partial charge on any atom is -0.479 e. The van der Waals surface area contributed by atoms with Crippen LogP contribution < -0.4 is 4.74 Å². The van der Waals surface area contributed by atoms with Crippen LogP contribution in [0.2, 0.25) is 0 Å². The highest BCUT2D eigenvalue weighted by Crippen LogP contribution is 2.37. The molecule has 3 rings (SSSR count). The number of nitrogens with zero attached hydrogens (tertiary/aromatic N) is 5. The zero-order valence-corrected chi connectivity index (χ0v) is 11.5. The Labute approximate surface area is 127 Å². The van der Waals surface area contributed by atoms with Crippen LogP contribution in [0.25, 0.3) is 0 Å². The van der Waals surface area contributed by atoms with Crippen molar-refractivity contribution in [2.24, 2.45) is 0 Å². The SMILES string of the molecule is O=[N+]([O-])c1cc(C(F)(F)F)ccc1OCc1nnnn1C1CC1. The number of tetrazole rings is 1. The van der Waals surface area contributed by atoms with Crippen molar-refractivity contribution in [2.45, 2.75) is 31.7 Å². The molecule has 1 aromatic heterocycles. The van der Waals surface area contributed by atoms with E-state index in [-0.39, 0.29) is 18.4 Å². The van der Waals surface area contributed by atoms with Crippen molar-refractivity contribution in [2.75, 3.05) is 0 Å². The molecule has 0 radical (unpaired) electrons. The third-order valence-electron chi connectivity index (χ3n) is 3.29. The maximum absolute atomic E-state index is 12.6. The standard InChI is InChI=1S/C12H10F3N5O3/c13-12(14,15)7-1-4-10(9(5-7)20(21)22)23-6-11-16-17-18-19(11)8-2-3-8/h1,4-5,8H,2-3,6H2. The second-order valence-electron chi connectivity index (χ2n) is 5.00. The smallest absolute Gasteiger partial charge is 0.416 e. The first-order chi connectivity index (χ1) is 10.9. The Balaban J connectivity index is 1.81. The van der Waals surface area contributed by atoms with Crippen molar-refractivity contribution >= 4 is 5.69 Å². The van der Waals surface area contributed by atoms with Gasteiger partial charge in [0.2, 0.25) is 0 Å². The highest BCUT2D eigenvalue weighted by atomic mass is 19.4. The molecule has 11 heteroatoms. The van der Waals surface area contributed by atoms with Gasteiger partial charge in [-0.15, -0.1) is 5.10 Å². The van der Waals surface area contributed by atoms with Gasteiger partial charge < -0.3 is 4.74 Å². The molecular formula is C12H10F3N5O3. The Morgan fingerprint density at radius 2 is 2.13 bits per heavy atom. The van der Waals surface area contributed by atoms with Gasteiger partial charge >= 0.3 is 11.9 Å². The lowest BCUT2D eigenvalue weighted by Crippen LogP contribution is -2.09. The Bertz CT molecular complexity index is 742. The van der Waals surface area contributed by atoms with Crippen LogP contribution in [0.3, 0.4) is 0 Å². The molecule has 1 aliphatic rings. The van der Waals surface area contributed by atoms with Crippen LogP contribution in [0.15, 0.2) is 18.2 Å². The Morgan fingerprint density at radius 1 is 1.39 bits per heavy atom. The lowest BCUT2D eigenvalue weighted by atomic mass is 10.2. The number of rotatable bonds is 5. The van der Waals surface area contributed by atoms with Crippen molar-refractivity contribution < 1.29 is 22.8 Å². The van der Waals surface area contributed by atoms with E-state index in [1.807, 2.05) is 0 Å². The first-order valence-electron chi connectivity index (χ1n) is 6.61. The van der Waals surface area contributed by atoms with Crippen LogP contribution in [-0.2, 0) is 12.8 Å². The molecule has 1 aliphatic carbocycles. The van der Waals surface area contributed by atoms with Crippen LogP contribution in [0.1, 0.15) is 30.3 Å². The molecule has 0 N–H and O–H groups in total. The van der Waals surface area contributed by atoms with Gasteiger partial charge in [0.05, 0.1) is 16.5 Å². The van der Waals surface area contributed by atoms with Crippen LogP contribution in [-0.4, -0.2) is 25.1 Å². The van der Waals surface area contributed by atoms with Crippen molar-refractivity contribution in [1.82, 2.24) is 20.2 Å². The third kappa shape index (κ3) is 3.22. The Kier molecular flexibility index (Phi) is 3.62. The third-order valence-corrected chi connectivity index (χ3v) is 3.29. The molecule has 0 unspecified atom stereocenters. The summed E-state index contributed by atoms with van der Waals surface area (Å²) in [7, 11) is 0. The first kappa shape index (κ1) is 15.2. The molecule has 0 saturated heterocycles. The second-order valence-corrected chi connectivity index (χ2v) is 5.00. The fourth-order valence-corrected chi connectivity index (χ4v) is 2.01. The molecule has 0 bridgehead atoms. The highest BCUT2D eigenvalue weighted by molar-refractivity contribution is 5.49. The van der Waals surface area contributed by atoms with Gasteiger partial charge in [0, 0.05) is 6.07 Å². The average molecular weight is 329 g/mol. The molecule has 0 atom stereocenters. The van der Waals surface area contributed by atoms with Crippen LogP contribution in [0, 0.1) is 10.1 Å². The van der Waals surface area contributed by atoms with E-state index >= 15 is 0 Å². The Hall–Kier alpha value is -2.72. The number of ether oxygens (including phenoxy) is 1. The maximum atomic E-state index is 12.6. The summed E-state index contributed by atoms with van der Waals surface area (Å²) in [4.78, 5) is 10.0. The summed E-state index contributed by atoms with van der Waals surface area (Å²) in [5.41, 5.74) is -1.87. The lowest BCUT2D eigenvalue weighted by Gasteiger charge is -2.10. The van der Waals surface area contributed by atoms with Crippen LogP contribution in [0.5, 0.6) is 5.75 Å². The van der Waals surface area contributed by atoms with E-state index in [4.69, 9.17) is 4.74 Å². The number of benzene rings is 1. The summed E-state index contributed by atoms with van der Waals surface area (Å²) in [5.74, 6) is 0.0926. The maximum Gasteiger partial charge on any atom is 0.416 e. The molecular weight excluding hydrogens is 319 g/mol. The second kappa shape index (κ2) is 5.48. The zero-order chi connectivity index (χ0) is 16.6. The monoisotopic (exact) mass is 329 g/mol. The molecule has 0 aliphatic heterocycles. The van der Waals surface area contributed by atoms with Crippen molar-refractivity contribution in [3.05, 3.63) is 39.7 Å². The molecule has 0 amide bonds. The predicted octanol–water partition coefficient (Wildman–Crippen LogP) is 2.51. The number of halogens is 3. The predicted molar refractivity (Wildman–Crippen MR) is 68.5 cm³/mol. The number of hydrogen-bond donors (Lipinski definition) is 0. The quantitative estimate of drug-likeness (QED) is 0.618. The number of hydrogen-bond acceptors (Lipinski definition) is 6. The summed E-state index contributed by atoms with van der Waals surface area (Å²) >= 11 is 0. The average Bonchev–Trinajstić information content (AvgIpc) is 3.22. The van der Waals surface area contributed by atoms with E-state index in [2.05, 4.69) is 15.5 Å². The number of nitro groups is 1. The van der Waals surface area contributed by atoms with E-state index in [1.165, 1.54) is 0 Å². The molecule has 2 aromatic rings. The van der Waals surface area contributed by atoms with Crippen LogP contribution >= 0.6 is 0 Å². The zero-order valence-electron chi connectivity index (χ0n) is 11.5. The molecule has 1 fully saturated rings. The van der Waals surface area contributed by atoms with Gasteiger partial charge in [-0.25, -0.2) is 4.68 Å². The van der Waals surface area contributed by atoms with Gasteiger partial charge in [0.15, 0.2) is 11.6 Å². The lowest BCUT2D eigenvalue weighted by molar-refractivity contribution is -0.386. The van der Waals surface area contributed by atoms with Gasteiger partial charge in [0.1, 0.15) is 6.61 Å². The minimum absolute atomic E-state index is 0.171. The number of alkyl halides is 3. The van der Waals surface area contributed by atoms with E-state index in [9.17, 15) is 23.3 Å². The molecule has 23 heavy (non-hydrogen) atoms. The number of nitro benzene ring substituents is 1. The van der Waals surface area contributed by atoms with E-state index in [1.54, 1.807) is 4.68 Å². The molecule has 122 valence electrons. The fraction of sp³-hybridized carbons (Fsp3) is 0.417. The first-order valence-corrected chi connectivity index (χ1v) is 6.61. The normalized spacial score (nSPS) is 14.7. The molecule has 0 spiro atoms. The highest BCUT2D eigenvalue weighted by Gasteiger charge is 2.33. The topological polar surface area (TPSA) is 96.0 Å². The van der Waals surface area contributed by atoms with Gasteiger partial charge in [-0.2, -0.15) is 13.2 Å². The minimum atomic E-state index is -4.67. The van der Waals surface area contributed by atoms with Crippen molar-refractivity contribution in [3.63, 3.8) is 0 Å². The summed E-state index contributed by atoms with van der Waals surface area (Å²) < 4.78 is 44.7. The van der Waals surface area contributed by atoms with Gasteiger partial charge in [-0.1, -0.05) is 0 Å². The molecule has 1 aromatic carbocycles. The summed E-state index contributed by atoms with van der Waals surface area (Å²) in [6, 6.07) is 2.28. The van der Waals surface area contributed by atoms with Gasteiger partial charge in [0.25, 0.3) is 0 Å². The summed E-state index contributed by atoms with van der Waals surface area (Å²) in [6.07, 6.45) is -2.81. The van der Waals surface area contributed by atoms with Crippen LogP contribution in [0.4, 0.5) is 18.9 Å². The summed E-state index contributed by atoms with van der Waals surface area (Å²) in [6.45, 7) is -0.171. The van der Waals surface area contributed by atoms with Crippen molar-refractivity contribution in [1.29, 1.82) is 0 Å². The molecule has 1 saturated carbocycles. The van der Waals surface area contributed by atoms with E-state index < -0.39 is 22.4 Å². The van der Waals surface area contributed by atoms with Crippen molar-refractivity contribution in [3.8, 4) is 5.75 Å². The molecule has 8 nitrogen and oxygen atoms in total.